The van der Waals surface area contributed by atoms with E-state index in [0.29, 0.717) is 21.8 Å². The molecule has 0 atom stereocenters. The van der Waals surface area contributed by atoms with Gasteiger partial charge in [-0.3, -0.25) is 14.3 Å². The Hall–Kier alpha value is -3.43. The number of carbonyl (C=O) groups excluding carboxylic acids is 3. The second kappa shape index (κ2) is 9.60. The first-order chi connectivity index (χ1) is 15.5. The van der Waals surface area contributed by atoms with Crippen molar-refractivity contribution in [3.05, 3.63) is 81.6 Å². The lowest BCUT2D eigenvalue weighted by molar-refractivity contribution is 0.0474. The van der Waals surface area contributed by atoms with Crippen LogP contribution in [0.2, 0.25) is 5.02 Å². The van der Waals surface area contributed by atoms with Crippen LogP contribution >= 0.6 is 11.6 Å². The number of anilines is 1. The normalized spacial score (nSPS) is 11.2. The number of para-hydroxylation sites is 1. The van der Waals surface area contributed by atoms with Gasteiger partial charge in [0.15, 0.2) is 12.4 Å². The lowest BCUT2D eigenvalue weighted by atomic mass is 10.1. The van der Waals surface area contributed by atoms with Gasteiger partial charge in [0, 0.05) is 16.3 Å². The van der Waals surface area contributed by atoms with E-state index >= 15 is 0 Å². The van der Waals surface area contributed by atoms with E-state index in [0.717, 1.165) is 0 Å². The van der Waals surface area contributed by atoms with Gasteiger partial charge in [0.2, 0.25) is 5.78 Å². The lowest BCUT2D eigenvalue weighted by Gasteiger charge is -2.12. The third-order valence-corrected chi connectivity index (χ3v) is 6.55. The number of Topliss-reactive ketones (excluding diaryl/α,β-unsaturated/α-hetero) is 2. The van der Waals surface area contributed by atoms with E-state index in [1.807, 2.05) is 0 Å². The molecule has 0 aliphatic heterocycles. The number of aryl methyl sites for hydroxylation is 1. The smallest absolute Gasteiger partial charge is 0.340 e. The zero-order chi connectivity index (χ0) is 24.3. The number of ketones is 2. The number of H-pyrrole nitrogens is 1. The standard InChI is InChI=1S/C23H21ClN2O6S/c1-13-21(15(3)27)14(2)25-22(13)20(28)12-32-23(29)18-6-4-5-7-19(18)26-33(30,31)17-10-8-16(24)9-11-17/h4-11,25-26H,12H2,1-3H3. The van der Waals surface area contributed by atoms with E-state index in [1.165, 1.54) is 49.4 Å². The number of hydrogen-bond donors (Lipinski definition) is 2. The third kappa shape index (κ3) is 5.32. The number of sulfonamides is 1. The van der Waals surface area contributed by atoms with Crippen LogP contribution in [0.3, 0.4) is 0 Å². The molecule has 172 valence electrons. The molecule has 1 aromatic heterocycles. The van der Waals surface area contributed by atoms with Crippen molar-refractivity contribution < 1.29 is 27.5 Å². The van der Waals surface area contributed by atoms with E-state index in [-0.39, 0.29) is 27.6 Å². The molecule has 0 spiro atoms. The average molecular weight is 489 g/mol. The first kappa shape index (κ1) is 24.2. The molecular formula is C23H21ClN2O6S. The molecule has 0 amide bonds. The Bertz CT molecular complexity index is 1340. The first-order valence-electron chi connectivity index (χ1n) is 9.79. The molecule has 0 bridgehead atoms. The van der Waals surface area contributed by atoms with Gasteiger partial charge in [-0.25, -0.2) is 13.2 Å². The summed E-state index contributed by atoms with van der Waals surface area (Å²) in [5, 5.41) is 0.380. The van der Waals surface area contributed by atoms with Gasteiger partial charge in [-0.15, -0.1) is 0 Å². The summed E-state index contributed by atoms with van der Waals surface area (Å²) >= 11 is 5.81. The minimum Gasteiger partial charge on any atom is -0.454 e. The molecule has 8 nitrogen and oxygen atoms in total. The zero-order valence-electron chi connectivity index (χ0n) is 18.1. The van der Waals surface area contributed by atoms with Crippen LogP contribution in [0.4, 0.5) is 5.69 Å². The largest absolute Gasteiger partial charge is 0.454 e. The van der Waals surface area contributed by atoms with E-state index < -0.39 is 28.4 Å². The van der Waals surface area contributed by atoms with Gasteiger partial charge in [-0.05, 0) is 62.7 Å². The molecule has 0 aliphatic rings. The Morgan fingerprint density at radius 1 is 1.03 bits per heavy atom. The lowest BCUT2D eigenvalue weighted by Crippen LogP contribution is -2.19. The summed E-state index contributed by atoms with van der Waals surface area (Å²) < 4.78 is 32.8. The van der Waals surface area contributed by atoms with Gasteiger partial charge in [-0.2, -0.15) is 0 Å². The van der Waals surface area contributed by atoms with E-state index in [1.54, 1.807) is 19.9 Å². The molecule has 0 unspecified atom stereocenters. The number of ether oxygens (including phenoxy) is 1. The molecule has 3 rings (SSSR count). The van der Waals surface area contributed by atoms with E-state index in [2.05, 4.69) is 9.71 Å². The minimum absolute atomic E-state index is 0.00402. The maximum absolute atomic E-state index is 12.7. The summed E-state index contributed by atoms with van der Waals surface area (Å²) in [6.45, 7) is 4.13. The maximum atomic E-state index is 12.7. The van der Waals surface area contributed by atoms with Crippen molar-refractivity contribution in [2.75, 3.05) is 11.3 Å². The number of esters is 1. The van der Waals surface area contributed by atoms with Crippen LogP contribution in [0.1, 0.15) is 49.4 Å². The van der Waals surface area contributed by atoms with Crippen molar-refractivity contribution in [2.45, 2.75) is 25.7 Å². The van der Waals surface area contributed by atoms with Crippen LogP contribution in [0, 0.1) is 13.8 Å². The Morgan fingerprint density at radius 2 is 1.67 bits per heavy atom. The Kier molecular flexibility index (Phi) is 7.04. The molecule has 2 N–H and O–H groups in total. The van der Waals surface area contributed by atoms with E-state index in [4.69, 9.17) is 16.3 Å². The number of aromatic amines is 1. The monoisotopic (exact) mass is 488 g/mol. The molecule has 10 heteroatoms. The van der Waals surface area contributed by atoms with Gasteiger partial charge in [0.1, 0.15) is 0 Å². The summed E-state index contributed by atoms with van der Waals surface area (Å²) in [4.78, 5) is 39.8. The Labute approximate surface area is 196 Å². The summed E-state index contributed by atoms with van der Waals surface area (Å²) in [6, 6.07) is 11.4. The molecule has 0 fully saturated rings. The highest BCUT2D eigenvalue weighted by Gasteiger charge is 2.23. The highest BCUT2D eigenvalue weighted by atomic mass is 35.5. The number of aromatic nitrogens is 1. The number of benzene rings is 2. The van der Waals surface area contributed by atoms with Crippen LogP contribution in [0.15, 0.2) is 53.4 Å². The van der Waals surface area contributed by atoms with Crippen LogP contribution in [-0.4, -0.2) is 37.5 Å². The van der Waals surface area contributed by atoms with Crippen molar-refractivity contribution >= 4 is 44.8 Å². The fraction of sp³-hybridized carbons (Fsp3) is 0.174. The Morgan fingerprint density at radius 3 is 2.27 bits per heavy atom. The second-order valence-electron chi connectivity index (χ2n) is 7.29. The molecule has 2 aromatic carbocycles. The maximum Gasteiger partial charge on any atom is 0.340 e. The number of carbonyl (C=O) groups is 3. The fourth-order valence-corrected chi connectivity index (χ4v) is 4.61. The van der Waals surface area contributed by atoms with Crippen molar-refractivity contribution in [3.63, 3.8) is 0 Å². The minimum atomic E-state index is -4.00. The summed E-state index contributed by atoms with van der Waals surface area (Å²) in [6.07, 6.45) is 0. The quantitative estimate of drug-likeness (QED) is 0.359. The van der Waals surface area contributed by atoms with Crippen molar-refractivity contribution in [1.82, 2.24) is 4.98 Å². The molecule has 0 saturated heterocycles. The van der Waals surface area contributed by atoms with Crippen LogP contribution in [-0.2, 0) is 14.8 Å². The topological polar surface area (TPSA) is 122 Å². The van der Waals surface area contributed by atoms with Gasteiger partial charge < -0.3 is 9.72 Å². The number of hydrogen-bond acceptors (Lipinski definition) is 6. The zero-order valence-corrected chi connectivity index (χ0v) is 19.6. The predicted molar refractivity (Wildman–Crippen MR) is 124 cm³/mol. The second-order valence-corrected chi connectivity index (χ2v) is 9.40. The number of rotatable bonds is 8. The fourth-order valence-electron chi connectivity index (χ4n) is 3.41. The SMILES string of the molecule is CC(=O)c1c(C)[nH]c(C(=O)COC(=O)c2ccccc2NS(=O)(=O)c2ccc(Cl)cc2)c1C. The molecule has 1 heterocycles. The summed E-state index contributed by atoms with van der Waals surface area (Å²) in [5.41, 5.74) is 1.57. The summed E-state index contributed by atoms with van der Waals surface area (Å²) in [5.74, 6) is -1.58. The van der Waals surface area contributed by atoms with Crippen molar-refractivity contribution in [2.24, 2.45) is 0 Å². The van der Waals surface area contributed by atoms with Crippen LogP contribution in [0.25, 0.3) is 0 Å². The van der Waals surface area contributed by atoms with Gasteiger partial charge in [0.25, 0.3) is 10.0 Å². The van der Waals surface area contributed by atoms with Crippen molar-refractivity contribution in [3.8, 4) is 0 Å². The molecule has 0 radical (unpaired) electrons. The molecule has 3 aromatic rings. The van der Waals surface area contributed by atoms with Crippen molar-refractivity contribution in [1.29, 1.82) is 0 Å². The highest BCUT2D eigenvalue weighted by Crippen LogP contribution is 2.23. The molecule has 0 aliphatic carbocycles. The molecule has 0 saturated carbocycles. The highest BCUT2D eigenvalue weighted by molar-refractivity contribution is 7.92. The molecule has 33 heavy (non-hydrogen) atoms. The third-order valence-electron chi connectivity index (χ3n) is 4.92. The number of nitrogens with one attached hydrogen (secondary N) is 2. The van der Waals surface area contributed by atoms with E-state index in [9.17, 15) is 22.8 Å². The first-order valence-corrected chi connectivity index (χ1v) is 11.6. The van der Waals surface area contributed by atoms with Crippen LogP contribution < -0.4 is 4.72 Å². The van der Waals surface area contributed by atoms with Crippen LogP contribution in [0.5, 0.6) is 0 Å². The Balaban J connectivity index is 1.77. The predicted octanol–water partition coefficient (Wildman–Crippen LogP) is 4.33. The average Bonchev–Trinajstić information content (AvgIpc) is 3.06. The number of halogens is 1. The van der Waals surface area contributed by atoms with Gasteiger partial charge in [-0.1, -0.05) is 23.7 Å². The molecular weight excluding hydrogens is 468 g/mol. The van der Waals surface area contributed by atoms with Gasteiger partial charge >= 0.3 is 5.97 Å². The van der Waals surface area contributed by atoms with Gasteiger partial charge in [0.05, 0.1) is 21.8 Å². The summed E-state index contributed by atoms with van der Waals surface area (Å²) in [7, 11) is -4.00.